The summed E-state index contributed by atoms with van der Waals surface area (Å²) in [6.45, 7) is 3.45. The normalized spacial score (nSPS) is 11.7. The second kappa shape index (κ2) is 7.12. The van der Waals surface area contributed by atoms with E-state index >= 15 is 0 Å². The van der Waals surface area contributed by atoms with Gasteiger partial charge in [0.05, 0.1) is 10.6 Å². The molecule has 0 aromatic heterocycles. The van der Waals surface area contributed by atoms with Gasteiger partial charge in [-0.3, -0.25) is 4.79 Å². The maximum absolute atomic E-state index is 12.0. The molecule has 0 fully saturated rings. The van der Waals surface area contributed by atoms with Crippen molar-refractivity contribution >= 4 is 57.7 Å². The molecule has 0 aliphatic heterocycles. The van der Waals surface area contributed by atoms with Crippen LogP contribution in [-0.2, 0) is 4.79 Å². The largest absolute Gasteiger partial charge is 0.480 e. The molecule has 19 heavy (non-hydrogen) atoms. The van der Waals surface area contributed by atoms with Crippen molar-refractivity contribution in [2.24, 2.45) is 0 Å². The van der Waals surface area contributed by atoms with Crippen LogP contribution in [0.5, 0.6) is 0 Å². The van der Waals surface area contributed by atoms with Crippen molar-refractivity contribution in [3.63, 3.8) is 0 Å². The third-order valence-corrected chi connectivity index (χ3v) is 4.24. The quantitative estimate of drug-likeness (QED) is 0.442. The first-order valence-corrected chi connectivity index (χ1v) is 6.99. The van der Waals surface area contributed by atoms with Gasteiger partial charge in [-0.25, -0.2) is 4.79 Å². The lowest BCUT2D eigenvalue weighted by atomic mass is 10.1. The molecule has 0 radical (unpaired) electrons. The first kappa shape index (κ1) is 16.3. The summed E-state index contributed by atoms with van der Waals surface area (Å²) in [4.78, 5) is 23.0. The molecular formula is C12H10Cl2INO3. The highest BCUT2D eigenvalue weighted by Gasteiger charge is 2.21. The van der Waals surface area contributed by atoms with Crippen LogP contribution in [0.4, 0.5) is 0 Å². The van der Waals surface area contributed by atoms with Crippen molar-refractivity contribution in [1.29, 1.82) is 0 Å². The fourth-order valence-corrected chi connectivity index (χ4v) is 2.40. The summed E-state index contributed by atoms with van der Waals surface area (Å²) in [7, 11) is 0. The monoisotopic (exact) mass is 413 g/mol. The zero-order valence-electron chi connectivity index (χ0n) is 9.62. The van der Waals surface area contributed by atoms with Crippen LogP contribution in [0.25, 0.3) is 0 Å². The highest BCUT2D eigenvalue weighted by atomic mass is 127. The molecule has 0 saturated heterocycles. The third-order valence-electron chi connectivity index (χ3n) is 2.24. The summed E-state index contributed by atoms with van der Waals surface area (Å²) in [5.41, 5.74) is 0.244. The summed E-state index contributed by atoms with van der Waals surface area (Å²) in [5, 5.41) is 12.0. The molecule has 0 bridgehead atoms. The summed E-state index contributed by atoms with van der Waals surface area (Å²) < 4.78 is 0.518. The molecule has 0 spiro atoms. The zero-order valence-corrected chi connectivity index (χ0v) is 13.3. The number of amides is 1. The van der Waals surface area contributed by atoms with Crippen LogP contribution >= 0.6 is 45.8 Å². The minimum atomic E-state index is -1.13. The lowest BCUT2D eigenvalue weighted by Crippen LogP contribution is -2.40. The van der Waals surface area contributed by atoms with E-state index in [4.69, 9.17) is 28.3 Å². The maximum Gasteiger partial charge on any atom is 0.326 e. The maximum atomic E-state index is 12.0. The Bertz CT molecular complexity index is 534. The Hall–Kier alpha value is -0.790. The molecular weight excluding hydrogens is 404 g/mol. The first-order chi connectivity index (χ1) is 8.86. The molecule has 0 heterocycles. The Morgan fingerprint density at radius 1 is 1.47 bits per heavy atom. The summed E-state index contributed by atoms with van der Waals surface area (Å²) in [5.74, 6) is -1.67. The van der Waals surface area contributed by atoms with Crippen LogP contribution in [0.3, 0.4) is 0 Å². The Labute approximate surface area is 133 Å². The van der Waals surface area contributed by atoms with E-state index in [1.165, 1.54) is 18.2 Å². The molecule has 7 heteroatoms. The van der Waals surface area contributed by atoms with Gasteiger partial charge in [-0.2, -0.15) is 0 Å². The summed E-state index contributed by atoms with van der Waals surface area (Å²) >= 11 is 13.6. The number of carbonyl (C=O) groups is 2. The van der Waals surface area contributed by atoms with Crippen molar-refractivity contribution in [2.45, 2.75) is 12.5 Å². The molecule has 1 atom stereocenters. The molecule has 0 aliphatic rings. The van der Waals surface area contributed by atoms with E-state index in [0.29, 0.717) is 13.6 Å². The second-order valence-electron chi connectivity index (χ2n) is 3.64. The summed E-state index contributed by atoms with van der Waals surface area (Å²) in [6, 6.07) is 1.93. The van der Waals surface area contributed by atoms with Crippen molar-refractivity contribution in [3.8, 4) is 0 Å². The number of rotatable bonds is 5. The van der Waals surface area contributed by atoms with Gasteiger partial charge in [-0.15, -0.1) is 6.58 Å². The molecule has 1 rings (SSSR count). The molecule has 2 N–H and O–H groups in total. The number of carboxylic acid groups (broad SMARTS) is 1. The topological polar surface area (TPSA) is 66.4 Å². The highest BCUT2D eigenvalue weighted by molar-refractivity contribution is 14.1. The molecule has 0 aliphatic carbocycles. The number of benzene rings is 1. The number of carbonyl (C=O) groups excluding carboxylic acids is 1. The van der Waals surface area contributed by atoms with Crippen LogP contribution in [0.1, 0.15) is 16.8 Å². The van der Waals surface area contributed by atoms with Crippen LogP contribution in [-0.4, -0.2) is 23.0 Å². The lowest BCUT2D eigenvalue weighted by Gasteiger charge is -2.14. The van der Waals surface area contributed by atoms with E-state index < -0.39 is 17.9 Å². The van der Waals surface area contributed by atoms with E-state index in [9.17, 15) is 9.59 Å². The molecule has 1 amide bonds. The average Bonchev–Trinajstić information content (AvgIpc) is 2.32. The van der Waals surface area contributed by atoms with E-state index in [1.54, 1.807) is 0 Å². The highest BCUT2D eigenvalue weighted by Crippen LogP contribution is 2.26. The van der Waals surface area contributed by atoms with Crippen molar-refractivity contribution < 1.29 is 14.7 Å². The Morgan fingerprint density at radius 3 is 2.63 bits per heavy atom. The van der Waals surface area contributed by atoms with Crippen molar-refractivity contribution in [3.05, 3.63) is 44.0 Å². The van der Waals surface area contributed by atoms with Crippen LogP contribution in [0.15, 0.2) is 24.8 Å². The Morgan fingerprint density at radius 2 is 2.11 bits per heavy atom. The van der Waals surface area contributed by atoms with Crippen LogP contribution in [0, 0.1) is 3.57 Å². The SMILES string of the molecule is C=CCC(NC(=O)c1cc(Cl)cc(Cl)c1I)C(=O)O. The predicted molar refractivity (Wildman–Crippen MR) is 82.9 cm³/mol. The Balaban J connectivity index is 3.00. The standard InChI is InChI=1S/C12H10Cl2INO3/c1-2-3-9(12(18)19)16-11(17)7-4-6(13)5-8(14)10(7)15/h2,4-5,9H,1,3H2,(H,16,17)(H,18,19). The molecule has 1 aromatic rings. The third kappa shape index (κ3) is 4.36. The molecule has 4 nitrogen and oxygen atoms in total. The number of halogens is 3. The van der Waals surface area contributed by atoms with Gasteiger partial charge in [0, 0.05) is 8.59 Å². The second-order valence-corrected chi connectivity index (χ2v) is 5.56. The van der Waals surface area contributed by atoms with Crippen LogP contribution < -0.4 is 5.32 Å². The fraction of sp³-hybridized carbons (Fsp3) is 0.167. The first-order valence-electron chi connectivity index (χ1n) is 5.16. The van der Waals surface area contributed by atoms with Gasteiger partial charge in [0.25, 0.3) is 5.91 Å². The lowest BCUT2D eigenvalue weighted by molar-refractivity contribution is -0.139. The van der Waals surface area contributed by atoms with Crippen molar-refractivity contribution in [1.82, 2.24) is 5.32 Å². The molecule has 1 unspecified atom stereocenters. The predicted octanol–water partition coefficient (Wildman–Crippen LogP) is 3.36. The van der Waals surface area contributed by atoms with E-state index in [0.717, 1.165) is 0 Å². The van der Waals surface area contributed by atoms with Crippen LogP contribution in [0.2, 0.25) is 10.0 Å². The number of aliphatic carboxylic acids is 1. The number of hydrogen-bond donors (Lipinski definition) is 2. The van der Waals surface area contributed by atoms with Gasteiger partial charge in [-0.1, -0.05) is 29.3 Å². The van der Waals surface area contributed by atoms with Gasteiger partial charge in [0.1, 0.15) is 6.04 Å². The molecule has 0 saturated carbocycles. The van der Waals surface area contributed by atoms with E-state index in [1.807, 2.05) is 22.6 Å². The number of nitrogens with one attached hydrogen (secondary N) is 1. The zero-order chi connectivity index (χ0) is 14.6. The van der Waals surface area contributed by atoms with Gasteiger partial charge >= 0.3 is 5.97 Å². The Kier molecular flexibility index (Phi) is 6.09. The van der Waals surface area contributed by atoms with Crippen molar-refractivity contribution in [2.75, 3.05) is 0 Å². The molecule has 102 valence electrons. The van der Waals surface area contributed by atoms with Gasteiger partial charge in [0.15, 0.2) is 0 Å². The van der Waals surface area contributed by atoms with Gasteiger partial charge in [0.2, 0.25) is 0 Å². The minimum absolute atomic E-state index is 0.131. The van der Waals surface area contributed by atoms with E-state index in [-0.39, 0.29) is 12.0 Å². The summed E-state index contributed by atoms with van der Waals surface area (Å²) in [6.07, 6.45) is 1.56. The average molecular weight is 414 g/mol. The van der Waals surface area contributed by atoms with E-state index in [2.05, 4.69) is 11.9 Å². The number of carboxylic acids is 1. The number of hydrogen-bond acceptors (Lipinski definition) is 2. The minimum Gasteiger partial charge on any atom is -0.480 e. The molecule has 1 aromatic carbocycles. The fourth-order valence-electron chi connectivity index (χ4n) is 1.35. The van der Waals surface area contributed by atoms with Gasteiger partial charge in [-0.05, 0) is 41.1 Å². The van der Waals surface area contributed by atoms with Gasteiger partial charge < -0.3 is 10.4 Å². The smallest absolute Gasteiger partial charge is 0.326 e.